The van der Waals surface area contributed by atoms with E-state index < -0.39 is 0 Å². The highest BCUT2D eigenvalue weighted by Gasteiger charge is 2.32. The van der Waals surface area contributed by atoms with E-state index in [1.54, 1.807) is 6.07 Å². The molecule has 1 fully saturated rings. The van der Waals surface area contributed by atoms with Gasteiger partial charge >= 0.3 is 5.00 Å². The molecule has 1 saturated heterocycles. The Morgan fingerprint density at radius 1 is 1.58 bits per heavy atom. The first-order chi connectivity index (χ1) is 9.13. The molecule has 0 aromatic carbocycles. The second kappa shape index (κ2) is 6.45. The van der Waals surface area contributed by atoms with Crippen molar-refractivity contribution >= 4 is 16.3 Å². The number of hydrogen-bond acceptors (Lipinski definition) is 5. The average molecular weight is 283 g/mol. The second-order valence-electron chi connectivity index (χ2n) is 5.07. The van der Waals surface area contributed by atoms with Crippen LogP contribution in [0.3, 0.4) is 0 Å². The Hall–Kier alpha value is -0.980. The summed E-state index contributed by atoms with van der Waals surface area (Å²) in [5, 5.41) is 14.5. The molecule has 1 aliphatic rings. The lowest BCUT2D eigenvalue weighted by atomic mass is 9.88. The zero-order valence-electron chi connectivity index (χ0n) is 11.5. The molecule has 1 aromatic rings. The molecule has 0 aliphatic carbocycles. The molecule has 0 radical (unpaired) electrons. The van der Waals surface area contributed by atoms with Crippen LogP contribution in [0.1, 0.15) is 30.7 Å². The molecule has 106 valence electrons. The molecule has 0 amide bonds. The molecule has 2 rings (SSSR count). The largest absolute Gasteiger partial charge is 0.324 e. The summed E-state index contributed by atoms with van der Waals surface area (Å²) in [5.41, 5.74) is 0. The van der Waals surface area contributed by atoms with Crippen molar-refractivity contribution in [2.45, 2.75) is 25.8 Å². The SMILES string of the molecule is CCNCC1CCCN(C)C1c1ccc([N+](=O)[O-])s1. The van der Waals surface area contributed by atoms with E-state index in [0.717, 1.165) is 24.5 Å². The zero-order valence-corrected chi connectivity index (χ0v) is 12.3. The number of piperidine rings is 1. The normalized spacial score (nSPS) is 24.5. The van der Waals surface area contributed by atoms with Crippen LogP contribution in [0.4, 0.5) is 5.00 Å². The fourth-order valence-corrected chi connectivity index (χ4v) is 3.93. The maximum Gasteiger partial charge on any atom is 0.324 e. The van der Waals surface area contributed by atoms with Gasteiger partial charge in [0.1, 0.15) is 0 Å². The minimum atomic E-state index is -0.295. The first-order valence-electron chi connectivity index (χ1n) is 6.78. The molecule has 19 heavy (non-hydrogen) atoms. The van der Waals surface area contributed by atoms with Crippen molar-refractivity contribution in [1.82, 2.24) is 10.2 Å². The third kappa shape index (κ3) is 3.32. The van der Waals surface area contributed by atoms with Gasteiger partial charge < -0.3 is 5.32 Å². The lowest BCUT2D eigenvalue weighted by Crippen LogP contribution is -2.40. The Morgan fingerprint density at radius 3 is 3.00 bits per heavy atom. The summed E-state index contributed by atoms with van der Waals surface area (Å²) in [6.07, 6.45) is 2.39. The molecule has 2 heterocycles. The van der Waals surface area contributed by atoms with Crippen molar-refractivity contribution in [3.8, 4) is 0 Å². The van der Waals surface area contributed by atoms with Crippen molar-refractivity contribution in [2.24, 2.45) is 5.92 Å². The van der Waals surface area contributed by atoms with E-state index in [9.17, 15) is 10.1 Å². The Morgan fingerprint density at radius 2 is 2.37 bits per heavy atom. The molecule has 1 aromatic heterocycles. The fourth-order valence-electron chi connectivity index (χ4n) is 2.85. The van der Waals surface area contributed by atoms with Crippen LogP contribution in [0, 0.1) is 16.0 Å². The fraction of sp³-hybridized carbons (Fsp3) is 0.692. The van der Waals surface area contributed by atoms with Crippen LogP contribution in [0.15, 0.2) is 12.1 Å². The maximum absolute atomic E-state index is 10.8. The number of nitrogens with zero attached hydrogens (tertiary/aromatic N) is 2. The van der Waals surface area contributed by atoms with E-state index in [1.807, 2.05) is 6.07 Å². The molecule has 2 atom stereocenters. The van der Waals surface area contributed by atoms with Gasteiger partial charge in [0.05, 0.1) is 4.92 Å². The quantitative estimate of drug-likeness (QED) is 0.666. The minimum absolute atomic E-state index is 0.246. The van der Waals surface area contributed by atoms with Gasteiger partial charge in [-0.3, -0.25) is 15.0 Å². The molecule has 6 heteroatoms. The topological polar surface area (TPSA) is 58.4 Å². The number of rotatable bonds is 5. The van der Waals surface area contributed by atoms with Crippen molar-refractivity contribution in [2.75, 3.05) is 26.7 Å². The van der Waals surface area contributed by atoms with Crippen molar-refractivity contribution < 1.29 is 4.92 Å². The number of likely N-dealkylation sites (tertiary alicyclic amines) is 1. The Kier molecular flexibility index (Phi) is 4.90. The molecule has 5 nitrogen and oxygen atoms in total. The summed E-state index contributed by atoms with van der Waals surface area (Å²) < 4.78 is 0. The lowest BCUT2D eigenvalue weighted by molar-refractivity contribution is -0.380. The molecule has 2 unspecified atom stereocenters. The number of hydrogen-bond donors (Lipinski definition) is 1. The number of thiophene rings is 1. The minimum Gasteiger partial charge on any atom is -0.317 e. The Labute approximate surface area is 117 Å². The van der Waals surface area contributed by atoms with Crippen LogP contribution in [-0.4, -0.2) is 36.5 Å². The van der Waals surface area contributed by atoms with Crippen LogP contribution in [0.5, 0.6) is 0 Å². The Balaban J connectivity index is 2.17. The van der Waals surface area contributed by atoms with E-state index in [1.165, 1.54) is 24.2 Å². The maximum atomic E-state index is 10.8. The summed E-state index contributed by atoms with van der Waals surface area (Å²) in [6, 6.07) is 3.87. The third-order valence-electron chi connectivity index (χ3n) is 3.75. The van der Waals surface area contributed by atoms with Gasteiger partial charge in [0.15, 0.2) is 0 Å². The summed E-state index contributed by atoms with van der Waals surface area (Å²) in [5.74, 6) is 0.539. The van der Waals surface area contributed by atoms with Gasteiger partial charge in [-0.1, -0.05) is 18.3 Å². The number of nitrogens with one attached hydrogen (secondary N) is 1. The first-order valence-corrected chi connectivity index (χ1v) is 7.60. The molecular formula is C13H21N3O2S. The van der Waals surface area contributed by atoms with E-state index >= 15 is 0 Å². The highest BCUT2D eigenvalue weighted by atomic mass is 32.1. The summed E-state index contributed by atoms with van der Waals surface area (Å²) in [6.45, 7) is 5.13. The predicted molar refractivity (Wildman–Crippen MR) is 77.6 cm³/mol. The van der Waals surface area contributed by atoms with Crippen molar-refractivity contribution in [3.63, 3.8) is 0 Å². The van der Waals surface area contributed by atoms with E-state index in [0.29, 0.717) is 12.0 Å². The summed E-state index contributed by atoms with van der Waals surface area (Å²) in [7, 11) is 2.12. The van der Waals surface area contributed by atoms with Gasteiger partial charge in [0.25, 0.3) is 0 Å². The molecule has 1 aliphatic heterocycles. The molecular weight excluding hydrogens is 262 g/mol. The summed E-state index contributed by atoms with van der Waals surface area (Å²) in [4.78, 5) is 14.0. The van der Waals surface area contributed by atoms with Crippen molar-refractivity contribution in [1.29, 1.82) is 0 Å². The Bertz CT molecular complexity index is 435. The van der Waals surface area contributed by atoms with Crippen molar-refractivity contribution in [3.05, 3.63) is 27.1 Å². The average Bonchev–Trinajstić information content (AvgIpc) is 2.85. The first kappa shape index (κ1) is 14.4. The van der Waals surface area contributed by atoms with Gasteiger partial charge in [-0.25, -0.2) is 0 Å². The van der Waals surface area contributed by atoms with Crippen LogP contribution < -0.4 is 5.32 Å². The standard InChI is InChI=1S/C13H21N3O2S/c1-3-14-9-10-5-4-8-15(2)13(10)11-6-7-12(19-11)16(17)18/h6-7,10,13-14H,3-5,8-9H2,1-2H3. The number of nitro groups is 1. The molecule has 1 N–H and O–H groups in total. The highest BCUT2D eigenvalue weighted by molar-refractivity contribution is 7.15. The van der Waals surface area contributed by atoms with Gasteiger partial charge in [0.2, 0.25) is 0 Å². The monoisotopic (exact) mass is 283 g/mol. The molecule has 0 bridgehead atoms. The zero-order chi connectivity index (χ0) is 13.8. The van der Waals surface area contributed by atoms with Crippen LogP contribution in [0.2, 0.25) is 0 Å². The van der Waals surface area contributed by atoms with Crippen LogP contribution in [-0.2, 0) is 0 Å². The van der Waals surface area contributed by atoms with Crippen LogP contribution in [0.25, 0.3) is 0 Å². The predicted octanol–water partition coefficient (Wildman–Crippen LogP) is 2.65. The van der Waals surface area contributed by atoms with Crippen LogP contribution >= 0.6 is 11.3 Å². The molecule has 0 saturated carbocycles. The van der Waals surface area contributed by atoms with Gasteiger partial charge in [-0.15, -0.1) is 0 Å². The third-order valence-corrected chi connectivity index (χ3v) is 4.86. The molecule has 0 spiro atoms. The van der Waals surface area contributed by atoms with E-state index in [4.69, 9.17) is 0 Å². The van der Waals surface area contributed by atoms with Gasteiger partial charge in [0, 0.05) is 17.0 Å². The lowest BCUT2D eigenvalue weighted by Gasteiger charge is -2.38. The van der Waals surface area contributed by atoms with Gasteiger partial charge in [-0.05, 0) is 51.5 Å². The smallest absolute Gasteiger partial charge is 0.317 e. The van der Waals surface area contributed by atoms with Gasteiger partial charge in [-0.2, -0.15) is 0 Å². The summed E-state index contributed by atoms with van der Waals surface area (Å²) >= 11 is 1.32. The van der Waals surface area contributed by atoms with E-state index in [-0.39, 0.29) is 9.92 Å². The highest BCUT2D eigenvalue weighted by Crippen LogP contribution is 2.39. The second-order valence-corrected chi connectivity index (χ2v) is 6.16. The van der Waals surface area contributed by atoms with E-state index in [2.05, 4.69) is 24.2 Å².